The zero-order chi connectivity index (χ0) is 20.1. The van der Waals surface area contributed by atoms with Gasteiger partial charge in [-0.05, 0) is 47.0 Å². The summed E-state index contributed by atoms with van der Waals surface area (Å²) >= 11 is 0. The molecule has 3 rings (SSSR count). The molecule has 1 fully saturated rings. The molecule has 2 heterocycles. The Morgan fingerprint density at radius 3 is 2.36 bits per heavy atom. The molecule has 0 atom stereocenters. The second kappa shape index (κ2) is 8.48. The number of nitrogens with zero attached hydrogens (tertiary/aromatic N) is 4. The first-order valence-electron chi connectivity index (χ1n) is 8.92. The molecular weight excluding hydrogens is 386 g/mol. The van der Waals surface area contributed by atoms with Crippen LogP contribution in [-0.2, 0) is 21.4 Å². The van der Waals surface area contributed by atoms with Gasteiger partial charge in [-0.2, -0.15) is 4.31 Å². The normalized spacial score (nSPS) is 15.7. The van der Waals surface area contributed by atoms with Crippen molar-refractivity contribution in [2.24, 2.45) is 0 Å². The average Bonchev–Trinajstić information content (AvgIpc) is 2.94. The number of anilines is 1. The summed E-state index contributed by atoms with van der Waals surface area (Å²) in [6.45, 7) is 0.907. The summed E-state index contributed by atoms with van der Waals surface area (Å²) in [5, 5.41) is 13.2. The third-order valence-electron chi connectivity index (χ3n) is 4.47. The maximum absolute atomic E-state index is 12.7. The van der Waals surface area contributed by atoms with Gasteiger partial charge in [-0.3, -0.25) is 4.79 Å². The minimum atomic E-state index is -3.54. The molecule has 10 nitrogen and oxygen atoms in total. The van der Waals surface area contributed by atoms with E-state index in [1.807, 2.05) is 0 Å². The summed E-state index contributed by atoms with van der Waals surface area (Å²) in [6, 6.07) is 5.99. The van der Waals surface area contributed by atoms with Crippen molar-refractivity contribution in [1.82, 2.24) is 13.9 Å². The van der Waals surface area contributed by atoms with Gasteiger partial charge in [0.2, 0.25) is 22.3 Å². The van der Waals surface area contributed by atoms with Gasteiger partial charge in [0.25, 0.3) is 0 Å². The number of carbonyl (C=O) groups excluding carboxylic acids is 1. The largest absolute Gasteiger partial charge is 0.381 e. The molecule has 0 aliphatic carbocycles. The van der Waals surface area contributed by atoms with Crippen LogP contribution in [0.4, 0.5) is 11.5 Å². The number of carbonyl (C=O) groups is 1. The Kier molecular flexibility index (Phi) is 6.05. The van der Waals surface area contributed by atoms with Gasteiger partial charge >= 0.3 is 5.82 Å². The summed E-state index contributed by atoms with van der Waals surface area (Å²) < 4.78 is 28.3. The van der Waals surface area contributed by atoms with Crippen LogP contribution in [0.5, 0.6) is 0 Å². The standard InChI is InChI=1S/C17H21N5O5S/c23-17(12-20-11-16(18-13-20)22(24)25)19-14-5-7-15(8-6-14)28(26,27)21-9-3-1-2-4-10-21/h5-8,11,13H,1-4,9-10,12H2,(H,19,23). The van der Waals surface area contributed by atoms with E-state index in [9.17, 15) is 23.3 Å². The Morgan fingerprint density at radius 2 is 1.79 bits per heavy atom. The first-order chi connectivity index (χ1) is 13.4. The van der Waals surface area contributed by atoms with Crippen LogP contribution in [0.1, 0.15) is 25.7 Å². The fourth-order valence-electron chi connectivity index (χ4n) is 3.04. The Bertz CT molecular complexity index is 947. The van der Waals surface area contributed by atoms with Gasteiger partial charge in [-0.15, -0.1) is 0 Å². The lowest BCUT2D eigenvalue weighted by Gasteiger charge is -2.20. The number of hydrogen-bond acceptors (Lipinski definition) is 6. The first kappa shape index (κ1) is 20.0. The van der Waals surface area contributed by atoms with Gasteiger partial charge < -0.3 is 20.0 Å². The third-order valence-corrected chi connectivity index (χ3v) is 6.39. The summed E-state index contributed by atoms with van der Waals surface area (Å²) in [5.41, 5.74) is 0.439. The topological polar surface area (TPSA) is 127 Å². The van der Waals surface area contributed by atoms with Crippen LogP contribution in [0.3, 0.4) is 0 Å². The minimum Gasteiger partial charge on any atom is -0.358 e. The van der Waals surface area contributed by atoms with Crippen LogP contribution in [0.15, 0.2) is 41.7 Å². The highest BCUT2D eigenvalue weighted by atomic mass is 32.2. The van der Waals surface area contributed by atoms with E-state index in [2.05, 4.69) is 10.3 Å². The molecule has 1 amide bonds. The van der Waals surface area contributed by atoms with E-state index in [1.165, 1.54) is 39.5 Å². The molecule has 0 spiro atoms. The zero-order valence-electron chi connectivity index (χ0n) is 15.2. The van der Waals surface area contributed by atoms with E-state index in [1.54, 1.807) is 0 Å². The maximum Gasteiger partial charge on any atom is 0.381 e. The van der Waals surface area contributed by atoms with Crippen molar-refractivity contribution >= 4 is 27.4 Å². The average molecular weight is 407 g/mol. The molecule has 0 radical (unpaired) electrons. The second-order valence-electron chi connectivity index (χ2n) is 6.55. The molecule has 1 aliphatic rings. The number of sulfonamides is 1. The monoisotopic (exact) mass is 407 g/mol. The molecule has 1 saturated heterocycles. The lowest BCUT2D eigenvalue weighted by molar-refractivity contribution is -0.389. The second-order valence-corrected chi connectivity index (χ2v) is 8.49. The van der Waals surface area contributed by atoms with Crippen molar-refractivity contribution in [2.75, 3.05) is 18.4 Å². The number of nitro groups is 1. The van der Waals surface area contributed by atoms with Crippen molar-refractivity contribution in [1.29, 1.82) is 0 Å². The summed E-state index contributed by atoms with van der Waals surface area (Å²) in [4.78, 5) is 25.8. The van der Waals surface area contributed by atoms with E-state index in [4.69, 9.17) is 0 Å². The highest BCUT2D eigenvalue weighted by Crippen LogP contribution is 2.21. The lowest BCUT2D eigenvalue weighted by atomic mass is 10.2. The fraction of sp³-hybridized carbons (Fsp3) is 0.412. The predicted molar refractivity (Wildman–Crippen MR) is 101 cm³/mol. The van der Waals surface area contributed by atoms with Gasteiger partial charge in [0, 0.05) is 18.8 Å². The van der Waals surface area contributed by atoms with Crippen molar-refractivity contribution < 1.29 is 18.1 Å². The number of aromatic nitrogens is 2. The highest BCUT2D eigenvalue weighted by Gasteiger charge is 2.25. The molecule has 28 heavy (non-hydrogen) atoms. The van der Waals surface area contributed by atoms with Crippen LogP contribution >= 0.6 is 0 Å². The van der Waals surface area contributed by atoms with Gasteiger partial charge in [-0.25, -0.2) is 8.42 Å². The molecule has 150 valence electrons. The third kappa shape index (κ3) is 4.73. The molecule has 1 aromatic carbocycles. The summed E-state index contributed by atoms with van der Waals surface area (Å²) in [6.07, 6.45) is 6.17. The van der Waals surface area contributed by atoms with Gasteiger partial charge in [0.1, 0.15) is 12.7 Å². The number of hydrogen-bond donors (Lipinski definition) is 1. The summed E-state index contributed by atoms with van der Waals surface area (Å²) in [5.74, 6) is -0.744. The van der Waals surface area contributed by atoms with Crippen LogP contribution in [0, 0.1) is 10.1 Å². The molecule has 1 aliphatic heterocycles. The van der Waals surface area contributed by atoms with Crippen molar-refractivity contribution in [3.05, 3.63) is 46.9 Å². The number of imidazole rings is 1. The van der Waals surface area contributed by atoms with E-state index in [-0.39, 0.29) is 17.3 Å². The van der Waals surface area contributed by atoms with Crippen molar-refractivity contribution in [2.45, 2.75) is 37.1 Å². The van der Waals surface area contributed by atoms with Gasteiger partial charge in [-0.1, -0.05) is 12.8 Å². The molecular formula is C17H21N5O5S. The smallest absolute Gasteiger partial charge is 0.358 e. The SMILES string of the molecule is O=C(Cn1cnc([N+](=O)[O-])c1)Nc1ccc(S(=O)(=O)N2CCCCCC2)cc1. The quantitative estimate of drug-likeness (QED) is 0.576. The first-order valence-corrected chi connectivity index (χ1v) is 10.4. The van der Waals surface area contributed by atoms with Crippen LogP contribution < -0.4 is 5.32 Å². The lowest BCUT2D eigenvalue weighted by Crippen LogP contribution is -2.31. The van der Waals surface area contributed by atoms with E-state index >= 15 is 0 Å². The Hall–Kier alpha value is -2.79. The van der Waals surface area contributed by atoms with Crippen LogP contribution in [0.25, 0.3) is 0 Å². The van der Waals surface area contributed by atoms with Gasteiger partial charge in [0.05, 0.1) is 4.90 Å². The van der Waals surface area contributed by atoms with Crippen molar-refractivity contribution in [3.63, 3.8) is 0 Å². The Morgan fingerprint density at radius 1 is 1.14 bits per heavy atom. The molecule has 11 heteroatoms. The number of nitrogens with one attached hydrogen (secondary N) is 1. The molecule has 0 unspecified atom stereocenters. The number of benzene rings is 1. The van der Waals surface area contributed by atoms with Crippen LogP contribution in [0.2, 0.25) is 0 Å². The van der Waals surface area contributed by atoms with Crippen molar-refractivity contribution in [3.8, 4) is 0 Å². The van der Waals surface area contributed by atoms with E-state index in [0.717, 1.165) is 31.9 Å². The molecule has 1 N–H and O–H groups in total. The van der Waals surface area contributed by atoms with E-state index in [0.29, 0.717) is 18.8 Å². The minimum absolute atomic E-state index is 0.144. The summed E-state index contributed by atoms with van der Waals surface area (Å²) in [7, 11) is -3.54. The highest BCUT2D eigenvalue weighted by molar-refractivity contribution is 7.89. The molecule has 2 aromatic rings. The molecule has 0 bridgehead atoms. The maximum atomic E-state index is 12.7. The number of amides is 1. The fourth-order valence-corrected chi connectivity index (χ4v) is 4.55. The molecule has 1 aromatic heterocycles. The Labute approximate surface area is 162 Å². The Balaban J connectivity index is 1.63. The molecule has 0 saturated carbocycles. The van der Waals surface area contributed by atoms with Gasteiger partial charge in [0.15, 0.2) is 0 Å². The van der Waals surface area contributed by atoms with E-state index < -0.39 is 20.9 Å². The predicted octanol–water partition coefficient (Wildman–Crippen LogP) is 1.99. The zero-order valence-corrected chi connectivity index (χ0v) is 16.0. The number of rotatable bonds is 6. The van der Waals surface area contributed by atoms with Crippen LogP contribution in [-0.4, -0.2) is 46.2 Å².